The molecular weight excluding hydrogens is 464 g/mol. The van der Waals surface area contributed by atoms with Crippen molar-refractivity contribution in [3.8, 4) is 0 Å². The summed E-state index contributed by atoms with van der Waals surface area (Å²) in [6, 6.07) is -0.593. The molecule has 2 aliphatic rings. The number of rotatable bonds is 9. The lowest BCUT2D eigenvalue weighted by molar-refractivity contribution is -0.167. The molecule has 0 aliphatic carbocycles. The molecule has 35 heavy (non-hydrogen) atoms. The van der Waals surface area contributed by atoms with E-state index < -0.39 is 44.6 Å². The molecule has 2 rings (SSSR count). The van der Waals surface area contributed by atoms with E-state index in [0.29, 0.717) is 18.9 Å². The third-order valence-corrected chi connectivity index (χ3v) is 11.5. The molecule has 9 heteroatoms. The standard InChI is InChI=1S/C26H48N2O6Si/c1-17(2)14-15-19-20(33-26(6,7)32-19)21(34-35(9,10)25(3,4)5)22(31-8)24(30)28-18-13-11-12-16-27-23(18)29/h14-15,17-22H,11-13,16H2,1-10H3,(H,27,29)(H,28,30)/b15-14+/t18-,19+,20-,21+,22-/m0/s1. The Labute approximate surface area is 213 Å². The number of hydrogen-bond donors (Lipinski definition) is 2. The number of allylic oxidation sites excluding steroid dienone is 1. The van der Waals surface area contributed by atoms with Gasteiger partial charge in [-0.25, -0.2) is 0 Å². The Morgan fingerprint density at radius 3 is 2.46 bits per heavy atom. The number of hydrogen-bond acceptors (Lipinski definition) is 6. The monoisotopic (exact) mass is 512 g/mol. The summed E-state index contributed by atoms with van der Waals surface area (Å²) in [6.45, 7) is 19.3. The van der Waals surface area contributed by atoms with E-state index in [0.717, 1.165) is 12.8 Å². The van der Waals surface area contributed by atoms with Crippen LogP contribution >= 0.6 is 0 Å². The van der Waals surface area contributed by atoms with Crippen molar-refractivity contribution in [2.75, 3.05) is 13.7 Å². The summed E-state index contributed by atoms with van der Waals surface area (Å²) in [5.41, 5.74) is 0. The first kappa shape index (κ1) is 30.0. The summed E-state index contributed by atoms with van der Waals surface area (Å²) in [4.78, 5) is 26.1. The number of ether oxygens (including phenoxy) is 3. The average molecular weight is 513 g/mol. The topological polar surface area (TPSA) is 95.1 Å². The highest BCUT2D eigenvalue weighted by Crippen LogP contribution is 2.41. The van der Waals surface area contributed by atoms with Crippen molar-refractivity contribution >= 4 is 20.1 Å². The quantitative estimate of drug-likeness (QED) is 0.359. The zero-order valence-electron chi connectivity index (χ0n) is 23.4. The zero-order valence-corrected chi connectivity index (χ0v) is 24.4. The fourth-order valence-corrected chi connectivity index (χ4v) is 5.38. The average Bonchev–Trinajstić information content (AvgIpc) is 2.89. The van der Waals surface area contributed by atoms with E-state index in [2.05, 4.69) is 64.4 Å². The van der Waals surface area contributed by atoms with E-state index in [9.17, 15) is 9.59 Å². The summed E-state index contributed by atoms with van der Waals surface area (Å²) >= 11 is 0. The number of carbonyl (C=O) groups excluding carboxylic acids is 2. The molecule has 2 fully saturated rings. The molecule has 2 aliphatic heterocycles. The Morgan fingerprint density at radius 1 is 1.23 bits per heavy atom. The molecule has 0 aromatic heterocycles. The molecule has 8 nitrogen and oxygen atoms in total. The Bertz CT molecular complexity index is 761. The molecule has 0 aromatic carbocycles. The van der Waals surface area contributed by atoms with Crippen LogP contribution in [0.2, 0.25) is 18.1 Å². The Morgan fingerprint density at radius 2 is 1.89 bits per heavy atom. The minimum Gasteiger partial charge on any atom is -0.408 e. The lowest BCUT2D eigenvalue weighted by Gasteiger charge is -2.42. The van der Waals surface area contributed by atoms with Gasteiger partial charge in [-0.15, -0.1) is 0 Å². The minimum atomic E-state index is -2.35. The molecule has 2 heterocycles. The van der Waals surface area contributed by atoms with Crippen molar-refractivity contribution in [1.82, 2.24) is 10.6 Å². The fourth-order valence-electron chi connectivity index (χ4n) is 4.09. The summed E-state index contributed by atoms with van der Waals surface area (Å²) < 4.78 is 25.2. The molecule has 0 saturated carbocycles. The van der Waals surface area contributed by atoms with Gasteiger partial charge in [0.05, 0.1) is 0 Å². The maximum atomic E-state index is 13.6. The Kier molecular flexibility index (Phi) is 10.2. The van der Waals surface area contributed by atoms with Crippen LogP contribution in [0.3, 0.4) is 0 Å². The normalized spacial score (nSPS) is 27.5. The van der Waals surface area contributed by atoms with Gasteiger partial charge in [0.15, 0.2) is 20.2 Å². The summed E-state index contributed by atoms with van der Waals surface area (Å²) in [6.07, 6.45) is 3.75. The van der Waals surface area contributed by atoms with Crippen molar-refractivity contribution in [2.45, 2.75) is 122 Å². The van der Waals surface area contributed by atoms with Gasteiger partial charge < -0.3 is 29.3 Å². The van der Waals surface area contributed by atoms with Crippen LogP contribution in [0.5, 0.6) is 0 Å². The third-order valence-electron chi connectivity index (χ3n) is 7.07. The molecule has 0 aromatic rings. The van der Waals surface area contributed by atoms with Gasteiger partial charge in [0.25, 0.3) is 5.91 Å². The summed E-state index contributed by atoms with van der Waals surface area (Å²) in [5.74, 6) is -1.05. The second kappa shape index (κ2) is 11.9. The summed E-state index contributed by atoms with van der Waals surface area (Å²) in [5, 5.41) is 5.69. The van der Waals surface area contributed by atoms with Crippen LogP contribution in [-0.2, 0) is 28.2 Å². The minimum absolute atomic E-state index is 0.0978. The number of carbonyl (C=O) groups is 2. The third kappa shape index (κ3) is 8.11. The maximum Gasteiger partial charge on any atom is 0.252 e. The lowest BCUT2D eigenvalue weighted by Crippen LogP contribution is -2.59. The van der Waals surface area contributed by atoms with Crippen molar-refractivity contribution in [1.29, 1.82) is 0 Å². The van der Waals surface area contributed by atoms with Crippen LogP contribution in [0.1, 0.15) is 67.7 Å². The first-order chi connectivity index (χ1) is 16.1. The number of amides is 2. The van der Waals surface area contributed by atoms with Gasteiger partial charge in [0.1, 0.15) is 24.4 Å². The van der Waals surface area contributed by atoms with Crippen molar-refractivity contribution < 1.29 is 28.2 Å². The van der Waals surface area contributed by atoms with Gasteiger partial charge in [-0.05, 0) is 57.2 Å². The first-order valence-corrected chi connectivity index (χ1v) is 15.8. The van der Waals surface area contributed by atoms with Crippen LogP contribution < -0.4 is 10.6 Å². The zero-order chi connectivity index (χ0) is 26.6. The van der Waals surface area contributed by atoms with E-state index in [4.69, 9.17) is 18.6 Å². The molecule has 202 valence electrons. The van der Waals surface area contributed by atoms with Crippen molar-refractivity contribution in [3.05, 3.63) is 12.2 Å². The van der Waals surface area contributed by atoms with E-state index in [-0.39, 0.29) is 16.9 Å². The molecular formula is C26H48N2O6Si. The van der Waals surface area contributed by atoms with Crippen LogP contribution in [-0.4, -0.2) is 70.0 Å². The highest BCUT2D eigenvalue weighted by molar-refractivity contribution is 6.74. The van der Waals surface area contributed by atoms with E-state index >= 15 is 0 Å². The number of nitrogens with one attached hydrogen (secondary N) is 2. The van der Waals surface area contributed by atoms with E-state index in [1.54, 1.807) is 0 Å². The predicted octanol–water partition coefficient (Wildman–Crippen LogP) is 3.91. The lowest BCUT2D eigenvalue weighted by atomic mass is 10.00. The smallest absolute Gasteiger partial charge is 0.252 e. The van der Waals surface area contributed by atoms with Crippen molar-refractivity contribution in [3.63, 3.8) is 0 Å². The molecule has 0 spiro atoms. The molecule has 2 N–H and O–H groups in total. The highest BCUT2D eigenvalue weighted by Gasteiger charge is 2.52. The van der Waals surface area contributed by atoms with Gasteiger partial charge >= 0.3 is 0 Å². The molecule has 5 atom stereocenters. The molecule has 2 saturated heterocycles. The van der Waals surface area contributed by atoms with E-state index in [1.165, 1.54) is 7.11 Å². The second-order valence-electron chi connectivity index (χ2n) is 12.0. The molecule has 0 radical (unpaired) electrons. The highest BCUT2D eigenvalue weighted by atomic mass is 28.4. The Hall–Kier alpha value is -1.26. The van der Waals surface area contributed by atoms with Gasteiger partial charge in [0.2, 0.25) is 5.91 Å². The van der Waals surface area contributed by atoms with Crippen LogP contribution in [0.4, 0.5) is 0 Å². The second-order valence-corrected chi connectivity index (χ2v) is 16.8. The van der Waals surface area contributed by atoms with Gasteiger partial charge in [0, 0.05) is 13.7 Å². The molecule has 0 bridgehead atoms. The molecule has 0 unspecified atom stereocenters. The predicted molar refractivity (Wildman–Crippen MR) is 139 cm³/mol. The van der Waals surface area contributed by atoms with Crippen LogP contribution in [0, 0.1) is 5.92 Å². The van der Waals surface area contributed by atoms with Crippen molar-refractivity contribution in [2.24, 2.45) is 5.92 Å². The van der Waals surface area contributed by atoms with Gasteiger partial charge in [-0.2, -0.15) is 0 Å². The largest absolute Gasteiger partial charge is 0.408 e. The summed E-state index contributed by atoms with van der Waals surface area (Å²) in [7, 11) is -0.855. The fraction of sp³-hybridized carbons (Fsp3) is 0.846. The number of methoxy groups -OCH3 is 1. The molecule has 2 amide bonds. The van der Waals surface area contributed by atoms with Gasteiger partial charge in [-0.1, -0.05) is 46.8 Å². The maximum absolute atomic E-state index is 13.6. The Balaban J connectivity index is 2.42. The van der Waals surface area contributed by atoms with Crippen LogP contribution in [0.15, 0.2) is 12.2 Å². The van der Waals surface area contributed by atoms with Crippen LogP contribution in [0.25, 0.3) is 0 Å². The van der Waals surface area contributed by atoms with Gasteiger partial charge in [-0.3, -0.25) is 9.59 Å². The van der Waals surface area contributed by atoms with E-state index in [1.807, 2.05) is 19.9 Å². The SMILES string of the molecule is CO[C@H](C(=O)N[C@H]1CCCCNC1=O)[C@H](O[Si](C)(C)C(C)(C)C)[C@H]1OC(C)(C)O[C@@H]1/C=C/C(C)C. The first-order valence-electron chi connectivity index (χ1n) is 12.9.